The van der Waals surface area contributed by atoms with Crippen LogP contribution in [0, 0.1) is 16.7 Å². The van der Waals surface area contributed by atoms with Gasteiger partial charge in [-0.25, -0.2) is 0 Å². The van der Waals surface area contributed by atoms with Crippen molar-refractivity contribution in [3.8, 4) is 23.3 Å². The molecule has 3 rings (SSSR count). The Hall–Kier alpha value is -4.31. The summed E-state index contributed by atoms with van der Waals surface area (Å²) in [4.78, 5) is 10.9. The number of nitriles is 1. The minimum Gasteiger partial charge on any atom is -0.489 e. The van der Waals surface area contributed by atoms with Crippen LogP contribution < -0.4 is 14.2 Å². The monoisotopic (exact) mass is 444 g/mol. The lowest BCUT2D eigenvalue weighted by atomic mass is 10.1. The van der Waals surface area contributed by atoms with Crippen LogP contribution >= 0.6 is 0 Å². The van der Waals surface area contributed by atoms with Crippen LogP contribution in [0.25, 0.3) is 0 Å². The quantitative estimate of drug-likeness (QED) is 0.394. The number of aliphatic carboxylic acids is 1. The van der Waals surface area contributed by atoms with Gasteiger partial charge in [0.1, 0.15) is 36.5 Å². The fourth-order valence-corrected chi connectivity index (χ4v) is 3.04. The van der Waals surface area contributed by atoms with E-state index in [1.807, 2.05) is 60.7 Å². The van der Waals surface area contributed by atoms with Gasteiger partial charge in [-0.05, 0) is 41.3 Å². The van der Waals surface area contributed by atoms with E-state index in [1.165, 1.54) is 0 Å². The molecule has 0 aliphatic carbocycles. The molecule has 0 atom stereocenters. The van der Waals surface area contributed by atoms with Crippen molar-refractivity contribution >= 4 is 11.7 Å². The van der Waals surface area contributed by atoms with Crippen LogP contribution in [-0.2, 0) is 17.8 Å². The zero-order valence-electron chi connectivity index (χ0n) is 18.0. The van der Waals surface area contributed by atoms with E-state index in [0.29, 0.717) is 41.6 Å². The molecule has 0 spiro atoms. The predicted octanol–water partition coefficient (Wildman–Crippen LogP) is 4.63. The fraction of sp³-hybridized carbons (Fsp3) is 0.192. The van der Waals surface area contributed by atoms with Crippen LogP contribution in [-0.4, -0.2) is 30.0 Å². The third kappa shape index (κ3) is 7.40. The van der Waals surface area contributed by atoms with Crippen molar-refractivity contribution in [1.82, 2.24) is 0 Å². The molecule has 33 heavy (non-hydrogen) atoms. The summed E-state index contributed by atoms with van der Waals surface area (Å²) in [5.41, 5.74) is 2.87. The number of carboxylic acid groups (broad SMARTS) is 1. The SMILES string of the molecule is N#CCOc1cc(OCc2ccc(OCC(=N)c3ccccc3)cc2)ccc1CCC(=O)O. The maximum atomic E-state index is 10.9. The number of rotatable bonds is 12. The van der Waals surface area contributed by atoms with E-state index in [1.54, 1.807) is 18.2 Å². The average Bonchev–Trinajstić information content (AvgIpc) is 2.85. The molecule has 0 fully saturated rings. The zero-order valence-corrected chi connectivity index (χ0v) is 18.0. The Morgan fingerprint density at radius 3 is 2.36 bits per heavy atom. The van der Waals surface area contributed by atoms with Gasteiger partial charge in [0.25, 0.3) is 0 Å². The molecule has 3 aromatic rings. The lowest BCUT2D eigenvalue weighted by Gasteiger charge is -2.13. The molecule has 0 radical (unpaired) electrons. The highest BCUT2D eigenvalue weighted by molar-refractivity contribution is 5.99. The molecule has 0 saturated carbocycles. The molecule has 0 aliphatic rings. The summed E-state index contributed by atoms with van der Waals surface area (Å²) in [5, 5.41) is 25.8. The molecule has 0 aliphatic heterocycles. The lowest BCUT2D eigenvalue weighted by Crippen LogP contribution is -2.11. The topological polar surface area (TPSA) is 113 Å². The minimum atomic E-state index is -0.897. The van der Waals surface area contributed by atoms with Gasteiger partial charge in [0.2, 0.25) is 0 Å². The maximum Gasteiger partial charge on any atom is 0.303 e. The average molecular weight is 444 g/mol. The number of carboxylic acids is 1. The predicted molar refractivity (Wildman–Crippen MR) is 123 cm³/mol. The van der Waals surface area contributed by atoms with Gasteiger partial charge in [0.05, 0.1) is 5.71 Å². The van der Waals surface area contributed by atoms with Crippen molar-refractivity contribution in [2.24, 2.45) is 0 Å². The molecule has 0 amide bonds. The molecule has 7 heteroatoms. The summed E-state index contributed by atoms with van der Waals surface area (Å²) in [6.07, 6.45) is 0.280. The molecule has 0 saturated heterocycles. The van der Waals surface area contributed by atoms with E-state index in [0.717, 1.165) is 11.1 Å². The van der Waals surface area contributed by atoms with E-state index in [9.17, 15) is 4.79 Å². The third-order valence-corrected chi connectivity index (χ3v) is 4.77. The van der Waals surface area contributed by atoms with Gasteiger partial charge >= 0.3 is 5.97 Å². The smallest absolute Gasteiger partial charge is 0.303 e. The van der Waals surface area contributed by atoms with Crippen molar-refractivity contribution in [3.63, 3.8) is 0 Å². The summed E-state index contributed by atoms with van der Waals surface area (Å²) >= 11 is 0. The van der Waals surface area contributed by atoms with Crippen molar-refractivity contribution in [2.45, 2.75) is 19.4 Å². The molecule has 168 valence electrons. The van der Waals surface area contributed by atoms with E-state index in [-0.39, 0.29) is 19.6 Å². The summed E-state index contributed by atoms with van der Waals surface area (Å²) in [6, 6.07) is 24.0. The summed E-state index contributed by atoms with van der Waals surface area (Å²) in [6.45, 7) is 0.360. The van der Waals surface area contributed by atoms with E-state index < -0.39 is 5.97 Å². The van der Waals surface area contributed by atoms with Crippen molar-refractivity contribution < 1.29 is 24.1 Å². The van der Waals surface area contributed by atoms with Gasteiger partial charge in [-0.2, -0.15) is 5.26 Å². The number of aryl methyl sites for hydroxylation is 1. The van der Waals surface area contributed by atoms with Crippen molar-refractivity contribution in [3.05, 3.63) is 89.5 Å². The van der Waals surface area contributed by atoms with Crippen LogP contribution in [0.15, 0.2) is 72.8 Å². The highest BCUT2D eigenvalue weighted by Gasteiger charge is 2.09. The number of hydrogen-bond acceptors (Lipinski definition) is 6. The molecule has 0 unspecified atom stereocenters. The first kappa shape index (κ1) is 23.4. The van der Waals surface area contributed by atoms with Gasteiger partial charge in [-0.3, -0.25) is 4.79 Å². The zero-order chi connectivity index (χ0) is 23.5. The van der Waals surface area contributed by atoms with Gasteiger partial charge in [0, 0.05) is 12.5 Å². The molecule has 2 N–H and O–H groups in total. The second kappa shape index (κ2) is 11.9. The summed E-state index contributed by atoms with van der Waals surface area (Å²) in [7, 11) is 0. The largest absolute Gasteiger partial charge is 0.489 e. The first-order valence-corrected chi connectivity index (χ1v) is 10.4. The Kier molecular flexibility index (Phi) is 8.43. The lowest BCUT2D eigenvalue weighted by molar-refractivity contribution is -0.136. The Morgan fingerprint density at radius 1 is 0.939 bits per heavy atom. The Balaban J connectivity index is 1.55. The second-order valence-corrected chi connectivity index (χ2v) is 7.18. The van der Waals surface area contributed by atoms with Crippen LogP contribution in [0.5, 0.6) is 17.2 Å². The molecule has 0 aromatic heterocycles. The molecule has 0 bridgehead atoms. The van der Waals surface area contributed by atoms with Crippen LogP contribution in [0.1, 0.15) is 23.1 Å². The van der Waals surface area contributed by atoms with Crippen molar-refractivity contribution in [2.75, 3.05) is 13.2 Å². The number of hydrogen-bond donors (Lipinski definition) is 2. The standard InChI is InChI=1S/C26H24N2O5/c27-14-15-31-25-16-23(12-8-21(25)9-13-26(29)30)32-17-19-6-10-22(11-7-19)33-18-24(28)20-4-2-1-3-5-20/h1-8,10-12,16,28H,9,13,15,17-18H2,(H,29,30). The highest BCUT2D eigenvalue weighted by atomic mass is 16.5. The Morgan fingerprint density at radius 2 is 1.67 bits per heavy atom. The Labute approximate surface area is 192 Å². The number of carbonyl (C=O) groups is 1. The molecule has 3 aromatic carbocycles. The van der Waals surface area contributed by atoms with Gasteiger partial charge in [0.15, 0.2) is 6.61 Å². The van der Waals surface area contributed by atoms with Crippen LogP contribution in [0.3, 0.4) is 0 Å². The normalized spacial score (nSPS) is 10.2. The summed E-state index contributed by atoms with van der Waals surface area (Å²) in [5.74, 6) is 0.763. The van der Waals surface area contributed by atoms with Gasteiger partial charge in [-0.15, -0.1) is 0 Å². The van der Waals surface area contributed by atoms with Crippen molar-refractivity contribution in [1.29, 1.82) is 10.7 Å². The number of benzene rings is 3. The molecular formula is C26H24N2O5. The third-order valence-electron chi connectivity index (χ3n) is 4.77. The minimum absolute atomic E-state index is 0.0254. The second-order valence-electron chi connectivity index (χ2n) is 7.18. The number of nitrogens with zero attached hydrogens (tertiary/aromatic N) is 1. The summed E-state index contributed by atoms with van der Waals surface area (Å²) < 4.78 is 17.0. The first-order valence-electron chi connectivity index (χ1n) is 10.4. The van der Waals surface area contributed by atoms with Gasteiger partial charge < -0.3 is 24.7 Å². The number of nitrogens with one attached hydrogen (secondary N) is 1. The maximum absolute atomic E-state index is 10.9. The van der Waals surface area contributed by atoms with Gasteiger partial charge in [-0.1, -0.05) is 48.5 Å². The van der Waals surface area contributed by atoms with Crippen LogP contribution in [0.2, 0.25) is 0 Å². The molecular weight excluding hydrogens is 420 g/mol. The Bertz CT molecular complexity index is 1120. The highest BCUT2D eigenvalue weighted by Crippen LogP contribution is 2.27. The van der Waals surface area contributed by atoms with Crippen LogP contribution in [0.4, 0.5) is 0 Å². The first-order chi connectivity index (χ1) is 16.0. The molecule has 7 nitrogen and oxygen atoms in total. The van der Waals surface area contributed by atoms with E-state index in [2.05, 4.69) is 0 Å². The number of ether oxygens (including phenoxy) is 3. The fourth-order valence-electron chi connectivity index (χ4n) is 3.04. The molecule has 0 heterocycles. The van der Waals surface area contributed by atoms with E-state index >= 15 is 0 Å². The van der Waals surface area contributed by atoms with E-state index in [4.69, 9.17) is 30.0 Å².